The summed E-state index contributed by atoms with van der Waals surface area (Å²) in [6.45, 7) is 4.27. The second kappa shape index (κ2) is 7.60. The zero-order valence-electron chi connectivity index (χ0n) is 15.8. The molecule has 0 radical (unpaired) electrons. The number of benzene rings is 1. The summed E-state index contributed by atoms with van der Waals surface area (Å²) in [4.78, 5) is 14.8. The summed E-state index contributed by atoms with van der Waals surface area (Å²) in [5.74, 6) is 1.64. The number of piperazine rings is 1. The normalized spacial score (nSPS) is 17.6. The van der Waals surface area contributed by atoms with Gasteiger partial charge in [-0.05, 0) is 42.9 Å². The van der Waals surface area contributed by atoms with Crippen molar-refractivity contribution in [2.75, 3.05) is 37.7 Å². The van der Waals surface area contributed by atoms with Gasteiger partial charge in [0.15, 0.2) is 11.5 Å². The lowest BCUT2D eigenvalue weighted by Crippen LogP contribution is -2.43. The van der Waals surface area contributed by atoms with E-state index in [2.05, 4.69) is 28.4 Å². The Hall–Kier alpha value is -2.31. The monoisotopic (exact) mass is 396 g/mol. The Morgan fingerprint density at radius 3 is 2.86 bits per heavy atom. The molecule has 0 bridgehead atoms. The fourth-order valence-electron chi connectivity index (χ4n) is 4.01. The lowest BCUT2D eigenvalue weighted by atomic mass is 10.0. The van der Waals surface area contributed by atoms with Crippen molar-refractivity contribution in [2.24, 2.45) is 0 Å². The van der Waals surface area contributed by atoms with Crippen molar-refractivity contribution in [1.29, 1.82) is 0 Å². The fourth-order valence-corrected chi connectivity index (χ4v) is 4.92. The van der Waals surface area contributed by atoms with Gasteiger partial charge in [0.2, 0.25) is 5.43 Å². The lowest BCUT2D eigenvalue weighted by molar-refractivity contribution is 0.294. The first kappa shape index (κ1) is 17.8. The minimum atomic E-state index is 0.0357. The number of anilines is 1. The van der Waals surface area contributed by atoms with Crippen LogP contribution in [0.4, 0.5) is 5.88 Å². The predicted octanol–water partition coefficient (Wildman–Crippen LogP) is 4.04. The first-order valence-corrected chi connectivity index (χ1v) is 10.9. The number of rotatable bonds is 2. The van der Waals surface area contributed by atoms with E-state index >= 15 is 0 Å². The third-order valence-corrected chi connectivity index (χ3v) is 6.56. The Morgan fingerprint density at radius 1 is 1.07 bits per heavy atom. The van der Waals surface area contributed by atoms with E-state index in [9.17, 15) is 4.79 Å². The highest BCUT2D eigenvalue weighted by Gasteiger charge is 2.19. The highest BCUT2D eigenvalue weighted by atomic mass is 32.1. The molecule has 2 aromatic heterocycles. The van der Waals surface area contributed by atoms with Crippen molar-refractivity contribution in [3.63, 3.8) is 0 Å². The van der Waals surface area contributed by atoms with Crippen molar-refractivity contribution in [3.05, 3.63) is 45.4 Å². The van der Waals surface area contributed by atoms with Crippen LogP contribution in [0.3, 0.4) is 0 Å². The SMILES string of the molecule is O=c1cc(N2CCNCC2)oc2c(-c3ccc4c(c3)OCCCCC4)csc12. The summed E-state index contributed by atoms with van der Waals surface area (Å²) in [5, 5.41) is 5.36. The first-order chi connectivity index (χ1) is 13.8. The van der Waals surface area contributed by atoms with E-state index in [-0.39, 0.29) is 5.43 Å². The second-order valence-corrected chi connectivity index (χ2v) is 8.35. The smallest absolute Gasteiger partial charge is 0.204 e. The molecule has 146 valence electrons. The summed E-state index contributed by atoms with van der Waals surface area (Å²) in [5.41, 5.74) is 4.02. The molecule has 0 amide bonds. The number of hydrogen-bond donors (Lipinski definition) is 1. The highest BCUT2D eigenvalue weighted by molar-refractivity contribution is 7.17. The van der Waals surface area contributed by atoms with Gasteiger partial charge in [-0.3, -0.25) is 4.79 Å². The van der Waals surface area contributed by atoms with Crippen LogP contribution in [0.25, 0.3) is 21.4 Å². The summed E-state index contributed by atoms with van der Waals surface area (Å²) in [6.07, 6.45) is 4.59. The predicted molar refractivity (Wildman–Crippen MR) is 114 cm³/mol. The van der Waals surface area contributed by atoms with E-state index in [0.29, 0.717) is 16.2 Å². The van der Waals surface area contributed by atoms with Crippen molar-refractivity contribution in [3.8, 4) is 16.9 Å². The molecule has 1 fully saturated rings. The molecule has 6 heteroatoms. The van der Waals surface area contributed by atoms with Crippen LogP contribution < -0.4 is 20.4 Å². The molecule has 0 spiro atoms. The molecular formula is C22H24N2O3S. The van der Waals surface area contributed by atoms with Crippen molar-refractivity contribution >= 4 is 27.5 Å². The Kier molecular flexibility index (Phi) is 4.82. The number of fused-ring (bicyclic) bond motifs is 2. The molecule has 2 aliphatic rings. The quantitative estimate of drug-likeness (QED) is 0.709. The van der Waals surface area contributed by atoms with E-state index in [4.69, 9.17) is 9.15 Å². The maximum absolute atomic E-state index is 12.7. The van der Waals surface area contributed by atoms with E-state index in [0.717, 1.165) is 62.5 Å². The molecule has 0 aliphatic carbocycles. The van der Waals surface area contributed by atoms with Crippen LogP contribution >= 0.6 is 11.3 Å². The first-order valence-electron chi connectivity index (χ1n) is 10.1. The van der Waals surface area contributed by atoms with Gasteiger partial charge in [0.25, 0.3) is 0 Å². The molecule has 5 nitrogen and oxygen atoms in total. The Labute approximate surface area is 167 Å². The number of thiophene rings is 1. The molecule has 5 rings (SSSR count). The summed E-state index contributed by atoms with van der Waals surface area (Å²) >= 11 is 1.46. The molecule has 1 saturated heterocycles. The van der Waals surface area contributed by atoms with E-state index in [1.165, 1.54) is 29.7 Å². The van der Waals surface area contributed by atoms with Crippen LogP contribution in [0, 0.1) is 0 Å². The standard InChI is InChI=1S/C22H24N2O3S/c25-18-13-20(24-9-7-23-8-10-24)27-21-17(14-28-22(18)21)16-6-5-15-4-2-1-3-11-26-19(15)12-16/h5-6,12-14,23H,1-4,7-11H2. The molecule has 4 heterocycles. The van der Waals surface area contributed by atoms with Gasteiger partial charge in [-0.2, -0.15) is 0 Å². The number of ether oxygens (including phenoxy) is 1. The molecule has 0 saturated carbocycles. The topological polar surface area (TPSA) is 54.7 Å². The number of hydrogen-bond acceptors (Lipinski definition) is 6. The average Bonchev–Trinajstić information content (AvgIpc) is 3.14. The van der Waals surface area contributed by atoms with Crippen LogP contribution in [-0.2, 0) is 6.42 Å². The second-order valence-electron chi connectivity index (χ2n) is 7.48. The van der Waals surface area contributed by atoms with Crippen LogP contribution in [0.2, 0.25) is 0 Å². The number of nitrogens with one attached hydrogen (secondary N) is 1. The van der Waals surface area contributed by atoms with Crippen LogP contribution in [0.5, 0.6) is 5.75 Å². The largest absolute Gasteiger partial charge is 0.493 e. The van der Waals surface area contributed by atoms with E-state index in [1.54, 1.807) is 6.07 Å². The minimum Gasteiger partial charge on any atom is -0.493 e. The van der Waals surface area contributed by atoms with Crippen molar-refractivity contribution < 1.29 is 9.15 Å². The zero-order chi connectivity index (χ0) is 18.9. The highest BCUT2D eigenvalue weighted by Crippen LogP contribution is 2.37. The summed E-state index contributed by atoms with van der Waals surface area (Å²) < 4.78 is 13.0. The Bertz CT molecular complexity index is 1050. The third kappa shape index (κ3) is 3.31. The Morgan fingerprint density at radius 2 is 1.96 bits per heavy atom. The fraction of sp³-hybridized carbons (Fsp3) is 0.409. The summed E-state index contributed by atoms with van der Waals surface area (Å²) in [7, 11) is 0. The van der Waals surface area contributed by atoms with E-state index < -0.39 is 0 Å². The van der Waals surface area contributed by atoms with Crippen molar-refractivity contribution in [2.45, 2.75) is 25.7 Å². The van der Waals surface area contributed by atoms with Gasteiger partial charge in [0, 0.05) is 43.2 Å². The average molecular weight is 397 g/mol. The molecule has 0 atom stereocenters. The number of nitrogens with zero attached hydrogens (tertiary/aromatic N) is 1. The Balaban J connectivity index is 1.58. The molecule has 1 aromatic carbocycles. The molecular weight excluding hydrogens is 372 g/mol. The maximum atomic E-state index is 12.7. The van der Waals surface area contributed by atoms with Crippen LogP contribution in [-0.4, -0.2) is 32.8 Å². The third-order valence-electron chi connectivity index (χ3n) is 5.59. The number of aryl methyl sites for hydroxylation is 1. The van der Waals surface area contributed by atoms with Gasteiger partial charge in [0.1, 0.15) is 10.4 Å². The van der Waals surface area contributed by atoms with Crippen LogP contribution in [0.1, 0.15) is 24.8 Å². The lowest BCUT2D eigenvalue weighted by Gasteiger charge is -2.27. The molecule has 3 aromatic rings. The molecule has 1 N–H and O–H groups in total. The van der Waals surface area contributed by atoms with Crippen LogP contribution in [0.15, 0.2) is 38.9 Å². The van der Waals surface area contributed by atoms with Gasteiger partial charge in [0.05, 0.1) is 6.61 Å². The molecule has 2 aliphatic heterocycles. The zero-order valence-corrected chi connectivity index (χ0v) is 16.6. The van der Waals surface area contributed by atoms with Gasteiger partial charge in [-0.25, -0.2) is 0 Å². The summed E-state index contributed by atoms with van der Waals surface area (Å²) in [6, 6.07) is 8.04. The van der Waals surface area contributed by atoms with Gasteiger partial charge in [-0.15, -0.1) is 11.3 Å². The maximum Gasteiger partial charge on any atom is 0.204 e. The molecule has 28 heavy (non-hydrogen) atoms. The van der Waals surface area contributed by atoms with Gasteiger partial charge < -0.3 is 19.4 Å². The van der Waals surface area contributed by atoms with Crippen molar-refractivity contribution in [1.82, 2.24) is 5.32 Å². The minimum absolute atomic E-state index is 0.0357. The van der Waals surface area contributed by atoms with Gasteiger partial charge >= 0.3 is 0 Å². The van der Waals surface area contributed by atoms with E-state index in [1.807, 2.05) is 5.38 Å². The molecule has 0 unspecified atom stereocenters. The van der Waals surface area contributed by atoms with Gasteiger partial charge in [-0.1, -0.05) is 12.1 Å².